The lowest BCUT2D eigenvalue weighted by molar-refractivity contribution is 0.103. The van der Waals surface area contributed by atoms with E-state index in [1.54, 1.807) is 12.1 Å². The van der Waals surface area contributed by atoms with Gasteiger partial charge >= 0.3 is 0 Å². The molecule has 4 heteroatoms. The number of hydrogen-bond acceptors (Lipinski definition) is 2. The minimum Gasteiger partial charge on any atom is -0.494 e. The van der Waals surface area contributed by atoms with E-state index in [4.69, 9.17) is 4.74 Å². The Morgan fingerprint density at radius 2 is 1.89 bits per heavy atom. The van der Waals surface area contributed by atoms with E-state index in [1.807, 2.05) is 37.3 Å². The van der Waals surface area contributed by atoms with Crippen LogP contribution in [0.1, 0.15) is 22.8 Å². The van der Waals surface area contributed by atoms with E-state index in [9.17, 15) is 4.79 Å². The zero-order chi connectivity index (χ0) is 13.8. The molecule has 0 spiro atoms. The van der Waals surface area contributed by atoms with Gasteiger partial charge in [-0.2, -0.15) is 0 Å². The predicted octanol–water partition coefficient (Wildman–Crippen LogP) is 4.68. The highest BCUT2D eigenvalue weighted by atomic mass is 127. The molecule has 0 aliphatic heterocycles. The van der Waals surface area contributed by atoms with Gasteiger partial charge in [0.2, 0.25) is 0 Å². The van der Waals surface area contributed by atoms with E-state index in [2.05, 4.69) is 38.5 Å². The second-order valence-electron chi connectivity index (χ2n) is 3.91. The van der Waals surface area contributed by atoms with Crippen molar-refractivity contribution < 1.29 is 9.53 Å². The van der Waals surface area contributed by atoms with Crippen molar-refractivity contribution in [3.63, 3.8) is 0 Å². The molecule has 0 radical (unpaired) electrons. The molecule has 0 aliphatic rings. The zero-order valence-electron chi connectivity index (χ0n) is 10.3. The molecule has 0 aliphatic carbocycles. The van der Waals surface area contributed by atoms with E-state index in [0.29, 0.717) is 17.7 Å². The first-order valence-corrected chi connectivity index (χ1v) is 7.71. The summed E-state index contributed by atoms with van der Waals surface area (Å²) in [6, 6.07) is 12.9. The molecule has 0 bridgehead atoms. The van der Waals surface area contributed by atoms with Gasteiger partial charge in [0, 0.05) is 19.2 Å². The maximum atomic E-state index is 12.4. The van der Waals surface area contributed by atoms with Crippen LogP contribution in [0.15, 0.2) is 46.9 Å². The van der Waals surface area contributed by atoms with E-state index in [1.165, 1.54) is 0 Å². The molecule has 0 heterocycles. The lowest BCUT2D eigenvalue weighted by atomic mass is 10.0. The lowest BCUT2D eigenvalue weighted by Crippen LogP contribution is -2.03. The third-order valence-electron chi connectivity index (χ3n) is 2.60. The van der Waals surface area contributed by atoms with Gasteiger partial charge in [-0.05, 0) is 72.0 Å². The normalized spacial score (nSPS) is 10.3. The van der Waals surface area contributed by atoms with Crippen LogP contribution >= 0.6 is 38.5 Å². The summed E-state index contributed by atoms with van der Waals surface area (Å²) in [5, 5.41) is 0. The van der Waals surface area contributed by atoms with Gasteiger partial charge < -0.3 is 4.74 Å². The number of ketones is 1. The first-order valence-electron chi connectivity index (χ1n) is 5.84. The summed E-state index contributed by atoms with van der Waals surface area (Å²) in [6.07, 6.45) is 0. The SMILES string of the molecule is CCOc1ccc(C(=O)c2cc(I)ccc2Br)cc1. The Balaban J connectivity index is 2.30. The van der Waals surface area contributed by atoms with Crippen molar-refractivity contribution in [3.05, 3.63) is 61.6 Å². The van der Waals surface area contributed by atoms with Gasteiger partial charge in [0.25, 0.3) is 0 Å². The summed E-state index contributed by atoms with van der Waals surface area (Å²) in [5.41, 5.74) is 1.34. The highest BCUT2D eigenvalue weighted by Gasteiger charge is 2.13. The Kier molecular flexibility index (Phi) is 4.99. The van der Waals surface area contributed by atoms with E-state index in [0.717, 1.165) is 13.8 Å². The van der Waals surface area contributed by atoms with Crippen LogP contribution in [0.25, 0.3) is 0 Å². The molecular weight excluding hydrogens is 419 g/mol. The number of carbonyl (C=O) groups is 1. The number of halogens is 2. The van der Waals surface area contributed by atoms with Gasteiger partial charge in [0.1, 0.15) is 5.75 Å². The Hall–Kier alpha value is -0.880. The lowest BCUT2D eigenvalue weighted by Gasteiger charge is -2.06. The van der Waals surface area contributed by atoms with Gasteiger partial charge in [0.05, 0.1) is 6.61 Å². The second-order valence-corrected chi connectivity index (χ2v) is 6.01. The summed E-state index contributed by atoms with van der Waals surface area (Å²) < 4.78 is 7.22. The molecule has 0 fully saturated rings. The summed E-state index contributed by atoms with van der Waals surface area (Å²) in [5.74, 6) is 0.786. The van der Waals surface area contributed by atoms with Gasteiger partial charge in [-0.1, -0.05) is 15.9 Å². The van der Waals surface area contributed by atoms with Gasteiger partial charge in [0.15, 0.2) is 5.78 Å². The molecule has 0 saturated heterocycles. The molecule has 98 valence electrons. The zero-order valence-corrected chi connectivity index (χ0v) is 14.1. The van der Waals surface area contributed by atoms with Crippen LogP contribution in [0.2, 0.25) is 0 Å². The second kappa shape index (κ2) is 6.52. The van der Waals surface area contributed by atoms with Crippen molar-refractivity contribution in [2.75, 3.05) is 6.61 Å². The first kappa shape index (κ1) is 14.5. The van der Waals surface area contributed by atoms with E-state index < -0.39 is 0 Å². The molecule has 0 amide bonds. The number of ether oxygens (including phenoxy) is 1. The number of hydrogen-bond donors (Lipinski definition) is 0. The Morgan fingerprint density at radius 1 is 1.21 bits per heavy atom. The van der Waals surface area contributed by atoms with Crippen LogP contribution in [0.4, 0.5) is 0 Å². The van der Waals surface area contributed by atoms with Crippen LogP contribution in [0, 0.1) is 3.57 Å². The maximum Gasteiger partial charge on any atom is 0.194 e. The van der Waals surface area contributed by atoms with E-state index >= 15 is 0 Å². The Labute approximate surface area is 134 Å². The summed E-state index contributed by atoms with van der Waals surface area (Å²) in [6.45, 7) is 2.55. The predicted molar refractivity (Wildman–Crippen MR) is 87.9 cm³/mol. The quantitative estimate of drug-likeness (QED) is 0.519. The minimum absolute atomic E-state index is 0.00781. The average Bonchev–Trinajstić information content (AvgIpc) is 2.42. The molecular formula is C15H12BrIO2. The number of carbonyl (C=O) groups excluding carboxylic acids is 1. The highest BCUT2D eigenvalue weighted by molar-refractivity contribution is 14.1. The summed E-state index contributed by atoms with van der Waals surface area (Å²) in [7, 11) is 0. The van der Waals surface area contributed by atoms with Crippen LogP contribution in [0.5, 0.6) is 5.75 Å². The van der Waals surface area contributed by atoms with Crippen molar-refractivity contribution in [1.82, 2.24) is 0 Å². The van der Waals surface area contributed by atoms with Crippen LogP contribution in [0.3, 0.4) is 0 Å². The Bertz CT molecular complexity index is 594. The smallest absolute Gasteiger partial charge is 0.194 e. The standard InChI is InChI=1S/C15H12BrIO2/c1-2-19-12-6-3-10(4-7-12)15(18)13-9-11(17)5-8-14(13)16/h3-9H,2H2,1H3. The molecule has 19 heavy (non-hydrogen) atoms. The molecule has 2 rings (SSSR count). The van der Waals surface area contributed by atoms with E-state index in [-0.39, 0.29) is 5.78 Å². The minimum atomic E-state index is 0.00781. The summed E-state index contributed by atoms with van der Waals surface area (Å²) >= 11 is 5.62. The van der Waals surface area contributed by atoms with Gasteiger partial charge in [-0.25, -0.2) is 0 Å². The fourth-order valence-electron chi connectivity index (χ4n) is 1.70. The molecule has 2 nitrogen and oxygen atoms in total. The Morgan fingerprint density at radius 3 is 2.53 bits per heavy atom. The van der Waals surface area contributed by atoms with Crippen molar-refractivity contribution >= 4 is 44.3 Å². The monoisotopic (exact) mass is 430 g/mol. The third-order valence-corrected chi connectivity index (χ3v) is 3.96. The fourth-order valence-corrected chi connectivity index (χ4v) is 2.61. The topological polar surface area (TPSA) is 26.3 Å². The summed E-state index contributed by atoms with van der Waals surface area (Å²) in [4.78, 5) is 12.4. The van der Waals surface area contributed by atoms with Crippen LogP contribution < -0.4 is 4.74 Å². The van der Waals surface area contributed by atoms with Crippen molar-refractivity contribution in [3.8, 4) is 5.75 Å². The molecule has 2 aromatic rings. The molecule has 0 atom stereocenters. The van der Waals surface area contributed by atoms with Crippen molar-refractivity contribution in [1.29, 1.82) is 0 Å². The molecule has 0 aromatic heterocycles. The number of benzene rings is 2. The molecule has 2 aromatic carbocycles. The molecule has 0 unspecified atom stereocenters. The first-order chi connectivity index (χ1) is 9.11. The number of rotatable bonds is 4. The van der Waals surface area contributed by atoms with Crippen molar-refractivity contribution in [2.45, 2.75) is 6.92 Å². The van der Waals surface area contributed by atoms with Gasteiger partial charge in [-0.15, -0.1) is 0 Å². The fraction of sp³-hybridized carbons (Fsp3) is 0.133. The molecule has 0 N–H and O–H groups in total. The van der Waals surface area contributed by atoms with Crippen LogP contribution in [-0.2, 0) is 0 Å². The van der Waals surface area contributed by atoms with Crippen LogP contribution in [-0.4, -0.2) is 12.4 Å². The van der Waals surface area contributed by atoms with Gasteiger partial charge in [-0.3, -0.25) is 4.79 Å². The largest absolute Gasteiger partial charge is 0.494 e. The average molecular weight is 431 g/mol. The maximum absolute atomic E-state index is 12.4. The van der Waals surface area contributed by atoms with Crippen molar-refractivity contribution in [2.24, 2.45) is 0 Å². The molecule has 0 saturated carbocycles. The highest BCUT2D eigenvalue weighted by Crippen LogP contribution is 2.23. The third kappa shape index (κ3) is 3.57.